The van der Waals surface area contributed by atoms with Crippen molar-refractivity contribution in [2.45, 2.75) is 0 Å². The SMILES string of the molecule is c1ccc(-c2c3ccccc3c(-c3cccc4c3sc3cccc(-c5c6ccccc6c(-c6cccnc6)c6ccccc56)c34)c3ccccc23)cc1. The average Bonchev–Trinajstić information content (AvgIpc) is 3.62. The molecule has 0 bridgehead atoms. The van der Waals surface area contributed by atoms with Crippen LogP contribution in [0, 0.1) is 0 Å². The van der Waals surface area contributed by atoms with Crippen molar-refractivity contribution in [2.75, 3.05) is 0 Å². The van der Waals surface area contributed by atoms with Gasteiger partial charge in [-0.05, 0) is 88.6 Å². The second-order valence-electron chi connectivity index (χ2n) is 13.8. The van der Waals surface area contributed by atoms with Crippen LogP contribution in [0.4, 0.5) is 0 Å². The third-order valence-corrected chi connectivity index (χ3v) is 12.1. The average molecular weight is 690 g/mol. The van der Waals surface area contributed by atoms with Gasteiger partial charge in [-0.2, -0.15) is 0 Å². The van der Waals surface area contributed by atoms with Crippen LogP contribution in [0.1, 0.15) is 0 Å². The standard InChI is InChI=1S/C51H31NS/c1-2-15-32(16-3-1)46-34-18-4-10-24-40(34)49(41-25-11-5-19-35(41)46)43-27-12-28-44-50-42(26-13-29-45(50)53-51(43)44)48-38-22-8-6-20-36(38)47(33-17-14-30-52-31-33)37-21-7-9-23-39(37)48/h1-31H. The number of fused-ring (bicyclic) bond motifs is 7. The van der Waals surface area contributed by atoms with Crippen molar-refractivity contribution in [2.24, 2.45) is 0 Å². The number of thiophene rings is 1. The molecule has 246 valence electrons. The number of benzene rings is 9. The maximum Gasteiger partial charge on any atom is 0.0434 e. The highest BCUT2D eigenvalue weighted by molar-refractivity contribution is 7.26. The van der Waals surface area contributed by atoms with Gasteiger partial charge in [0.25, 0.3) is 0 Å². The molecule has 1 nitrogen and oxygen atoms in total. The Hall–Kier alpha value is -6.61. The molecule has 0 spiro atoms. The van der Waals surface area contributed by atoms with Crippen LogP contribution in [0.25, 0.3) is 108 Å². The van der Waals surface area contributed by atoms with Crippen LogP contribution < -0.4 is 0 Å². The highest BCUT2D eigenvalue weighted by Crippen LogP contribution is 2.51. The predicted octanol–water partition coefficient (Wildman–Crippen LogP) is 14.7. The fourth-order valence-corrected chi connectivity index (χ4v) is 10.1. The fraction of sp³-hybridized carbons (Fsp3) is 0. The first kappa shape index (κ1) is 30.1. The molecular weight excluding hydrogens is 659 g/mol. The molecule has 0 fully saturated rings. The lowest BCUT2D eigenvalue weighted by Crippen LogP contribution is -1.91. The van der Waals surface area contributed by atoms with Gasteiger partial charge in [-0.25, -0.2) is 0 Å². The van der Waals surface area contributed by atoms with Gasteiger partial charge in [-0.1, -0.05) is 164 Å². The summed E-state index contributed by atoms with van der Waals surface area (Å²) in [7, 11) is 0. The van der Waals surface area contributed by atoms with E-state index in [-0.39, 0.29) is 0 Å². The van der Waals surface area contributed by atoms with E-state index >= 15 is 0 Å². The molecule has 0 aliphatic heterocycles. The van der Waals surface area contributed by atoms with Gasteiger partial charge < -0.3 is 0 Å². The monoisotopic (exact) mass is 689 g/mol. The summed E-state index contributed by atoms with van der Waals surface area (Å²) in [5.41, 5.74) is 10.0. The number of rotatable bonds is 4. The van der Waals surface area contributed by atoms with Crippen LogP contribution >= 0.6 is 11.3 Å². The molecule has 0 saturated heterocycles. The number of aromatic nitrogens is 1. The Balaban J connectivity index is 1.24. The van der Waals surface area contributed by atoms with E-state index < -0.39 is 0 Å². The van der Waals surface area contributed by atoms with E-state index in [4.69, 9.17) is 0 Å². The Morgan fingerprint density at radius 3 is 1.30 bits per heavy atom. The van der Waals surface area contributed by atoms with Crippen LogP contribution in [0.3, 0.4) is 0 Å². The first-order chi connectivity index (χ1) is 26.3. The van der Waals surface area contributed by atoms with E-state index in [1.54, 1.807) is 0 Å². The summed E-state index contributed by atoms with van der Waals surface area (Å²) in [5.74, 6) is 0. The molecule has 0 atom stereocenters. The third kappa shape index (κ3) is 4.53. The van der Waals surface area contributed by atoms with Crippen LogP contribution in [0.15, 0.2) is 188 Å². The van der Waals surface area contributed by atoms with Crippen molar-refractivity contribution in [3.63, 3.8) is 0 Å². The first-order valence-electron chi connectivity index (χ1n) is 18.1. The Kier molecular flexibility index (Phi) is 6.80. The van der Waals surface area contributed by atoms with E-state index in [2.05, 4.69) is 175 Å². The molecule has 11 aromatic rings. The summed E-state index contributed by atoms with van der Waals surface area (Å²) in [5, 5.41) is 12.7. The van der Waals surface area contributed by atoms with Gasteiger partial charge in [0.1, 0.15) is 0 Å². The Labute approximate surface area is 311 Å². The summed E-state index contributed by atoms with van der Waals surface area (Å²) in [6, 6.07) is 64.6. The summed E-state index contributed by atoms with van der Waals surface area (Å²) < 4.78 is 2.61. The molecule has 0 N–H and O–H groups in total. The maximum atomic E-state index is 4.52. The third-order valence-electron chi connectivity index (χ3n) is 10.9. The molecular formula is C51H31NS. The lowest BCUT2D eigenvalue weighted by Gasteiger charge is -2.18. The molecule has 9 aromatic carbocycles. The largest absolute Gasteiger partial charge is 0.264 e. The Bertz CT molecular complexity index is 3100. The maximum absolute atomic E-state index is 4.52. The van der Waals surface area contributed by atoms with Gasteiger partial charge in [0.15, 0.2) is 0 Å². The lowest BCUT2D eigenvalue weighted by atomic mass is 9.84. The minimum absolute atomic E-state index is 1.13. The fourth-order valence-electron chi connectivity index (χ4n) is 8.83. The molecule has 53 heavy (non-hydrogen) atoms. The molecule has 0 radical (unpaired) electrons. The minimum Gasteiger partial charge on any atom is -0.264 e. The highest BCUT2D eigenvalue weighted by Gasteiger charge is 2.22. The van der Waals surface area contributed by atoms with Crippen molar-refractivity contribution in [1.82, 2.24) is 4.98 Å². The van der Waals surface area contributed by atoms with Crippen molar-refractivity contribution >= 4 is 74.6 Å². The van der Waals surface area contributed by atoms with Gasteiger partial charge in [0.05, 0.1) is 0 Å². The van der Waals surface area contributed by atoms with E-state index in [9.17, 15) is 0 Å². The van der Waals surface area contributed by atoms with E-state index in [1.165, 1.54) is 102 Å². The zero-order chi connectivity index (χ0) is 34.9. The van der Waals surface area contributed by atoms with Crippen LogP contribution in [-0.4, -0.2) is 4.98 Å². The van der Waals surface area contributed by atoms with E-state index in [0.29, 0.717) is 0 Å². The second-order valence-corrected chi connectivity index (χ2v) is 14.8. The topological polar surface area (TPSA) is 12.9 Å². The number of pyridine rings is 1. The van der Waals surface area contributed by atoms with Crippen molar-refractivity contribution in [3.8, 4) is 44.5 Å². The molecule has 0 saturated carbocycles. The highest BCUT2D eigenvalue weighted by atomic mass is 32.1. The second kappa shape index (κ2) is 12.0. The molecule has 2 heterocycles. The molecule has 0 unspecified atom stereocenters. The molecule has 0 aliphatic carbocycles. The minimum atomic E-state index is 1.13. The van der Waals surface area contributed by atoms with Crippen molar-refractivity contribution in [3.05, 3.63) is 188 Å². The summed E-state index contributed by atoms with van der Waals surface area (Å²) >= 11 is 1.91. The van der Waals surface area contributed by atoms with Crippen LogP contribution in [0.5, 0.6) is 0 Å². The van der Waals surface area contributed by atoms with E-state index in [0.717, 1.165) is 5.56 Å². The number of hydrogen-bond acceptors (Lipinski definition) is 2. The summed E-state index contributed by atoms with van der Waals surface area (Å²) in [4.78, 5) is 4.52. The smallest absolute Gasteiger partial charge is 0.0434 e. The van der Waals surface area contributed by atoms with Gasteiger partial charge in [-0.3, -0.25) is 4.98 Å². The molecule has 2 aromatic heterocycles. The van der Waals surface area contributed by atoms with E-state index in [1.807, 2.05) is 29.8 Å². The first-order valence-corrected chi connectivity index (χ1v) is 18.9. The van der Waals surface area contributed by atoms with Crippen LogP contribution in [0.2, 0.25) is 0 Å². The Morgan fingerprint density at radius 2 is 0.755 bits per heavy atom. The number of hydrogen-bond donors (Lipinski definition) is 0. The molecule has 0 aliphatic rings. The van der Waals surface area contributed by atoms with Crippen LogP contribution in [-0.2, 0) is 0 Å². The number of nitrogens with zero attached hydrogens (tertiary/aromatic N) is 1. The quantitative estimate of drug-likeness (QED) is 0.168. The zero-order valence-corrected chi connectivity index (χ0v) is 29.6. The van der Waals surface area contributed by atoms with Gasteiger partial charge in [-0.15, -0.1) is 11.3 Å². The predicted molar refractivity (Wildman–Crippen MR) is 229 cm³/mol. The lowest BCUT2D eigenvalue weighted by molar-refractivity contribution is 1.33. The molecule has 0 amide bonds. The van der Waals surface area contributed by atoms with Gasteiger partial charge >= 0.3 is 0 Å². The Morgan fingerprint density at radius 1 is 0.321 bits per heavy atom. The summed E-state index contributed by atoms with van der Waals surface area (Å²) in [6.45, 7) is 0. The van der Waals surface area contributed by atoms with Gasteiger partial charge in [0, 0.05) is 43.7 Å². The van der Waals surface area contributed by atoms with Crippen molar-refractivity contribution in [1.29, 1.82) is 0 Å². The van der Waals surface area contributed by atoms with Gasteiger partial charge in [0.2, 0.25) is 0 Å². The molecule has 11 rings (SSSR count). The van der Waals surface area contributed by atoms with Crippen molar-refractivity contribution < 1.29 is 0 Å². The zero-order valence-electron chi connectivity index (χ0n) is 28.8. The normalized spacial score (nSPS) is 11.8. The molecule has 2 heteroatoms. The summed E-state index contributed by atoms with van der Waals surface area (Å²) in [6.07, 6.45) is 3.84.